The zero-order valence-corrected chi connectivity index (χ0v) is 7.89. The monoisotopic (exact) mass is 203 g/mol. The standard InChI is InChI=1S/C8H13NO5/c1-8(6(10)11,7(12)13)9-2-4-14-5-3-9/h2-5H2,1H3,(H,10,11)(H,12,13). The van der Waals surface area contributed by atoms with Crippen LogP contribution in [0.25, 0.3) is 0 Å². The van der Waals surface area contributed by atoms with Crippen LogP contribution in [-0.4, -0.2) is 58.9 Å². The first-order valence-electron chi connectivity index (χ1n) is 4.29. The Balaban J connectivity index is 2.86. The Bertz CT molecular complexity index is 232. The average Bonchev–Trinajstić information content (AvgIpc) is 2.17. The van der Waals surface area contributed by atoms with Gasteiger partial charge in [-0.2, -0.15) is 0 Å². The van der Waals surface area contributed by atoms with Crippen LogP contribution >= 0.6 is 0 Å². The van der Waals surface area contributed by atoms with Gasteiger partial charge in [-0.05, 0) is 6.92 Å². The molecule has 6 heteroatoms. The second kappa shape index (κ2) is 3.93. The van der Waals surface area contributed by atoms with Crippen LogP contribution in [0, 0.1) is 0 Å². The molecule has 0 radical (unpaired) electrons. The van der Waals surface area contributed by atoms with Crippen LogP contribution in [0.3, 0.4) is 0 Å². The second-order valence-electron chi connectivity index (χ2n) is 3.28. The zero-order chi connectivity index (χ0) is 10.8. The van der Waals surface area contributed by atoms with Crippen LogP contribution in [0.2, 0.25) is 0 Å². The number of hydrogen-bond donors (Lipinski definition) is 2. The molecule has 6 nitrogen and oxygen atoms in total. The van der Waals surface area contributed by atoms with Gasteiger partial charge in [0.25, 0.3) is 0 Å². The van der Waals surface area contributed by atoms with Crippen LogP contribution in [0.5, 0.6) is 0 Å². The molecule has 1 rings (SSSR count). The van der Waals surface area contributed by atoms with E-state index in [1.165, 1.54) is 11.8 Å². The number of aliphatic carboxylic acids is 2. The molecule has 0 aromatic carbocycles. The van der Waals surface area contributed by atoms with Crippen LogP contribution in [0.1, 0.15) is 6.92 Å². The number of carbonyl (C=O) groups is 2. The number of rotatable bonds is 3. The molecule has 0 saturated carbocycles. The van der Waals surface area contributed by atoms with Crippen molar-refractivity contribution in [3.05, 3.63) is 0 Å². The molecule has 1 fully saturated rings. The molecule has 14 heavy (non-hydrogen) atoms. The first-order chi connectivity index (χ1) is 6.49. The van der Waals surface area contributed by atoms with Crippen molar-refractivity contribution >= 4 is 11.9 Å². The number of nitrogens with zero attached hydrogens (tertiary/aromatic N) is 1. The van der Waals surface area contributed by atoms with Crippen LogP contribution in [0.4, 0.5) is 0 Å². The Morgan fingerprint density at radius 1 is 1.21 bits per heavy atom. The number of carboxylic acids is 2. The van der Waals surface area contributed by atoms with Crippen molar-refractivity contribution in [2.45, 2.75) is 12.5 Å². The predicted molar refractivity (Wildman–Crippen MR) is 46.1 cm³/mol. The smallest absolute Gasteiger partial charge is 0.335 e. The largest absolute Gasteiger partial charge is 0.479 e. The number of ether oxygens (including phenoxy) is 1. The second-order valence-corrected chi connectivity index (χ2v) is 3.28. The molecule has 0 aromatic heterocycles. The summed E-state index contributed by atoms with van der Waals surface area (Å²) in [5, 5.41) is 17.8. The summed E-state index contributed by atoms with van der Waals surface area (Å²) in [5.41, 5.74) is -1.84. The SMILES string of the molecule is CC(C(=O)O)(C(=O)O)N1CCOCC1. The quantitative estimate of drug-likeness (QED) is 0.587. The summed E-state index contributed by atoms with van der Waals surface area (Å²) in [7, 11) is 0. The third-order valence-corrected chi connectivity index (χ3v) is 2.48. The van der Waals surface area contributed by atoms with Crippen LogP contribution in [0.15, 0.2) is 0 Å². The minimum absolute atomic E-state index is 0.328. The van der Waals surface area contributed by atoms with Crippen molar-refractivity contribution in [2.75, 3.05) is 26.3 Å². The molecular weight excluding hydrogens is 190 g/mol. The Morgan fingerprint density at radius 2 is 1.64 bits per heavy atom. The fraction of sp³-hybridized carbons (Fsp3) is 0.750. The van der Waals surface area contributed by atoms with E-state index in [1.807, 2.05) is 0 Å². The van der Waals surface area contributed by atoms with E-state index in [2.05, 4.69) is 0 Å². The fourth-order valence-corrected chi connectivity index (χ4v) is 1.37. The average molecular weight is 203 g/mol. The van der Waals surface area contributed by atoms with Gasteiger partial charge < -0.3 is 14.9 Å². The lowest BCUT2D eigenvalue weighted by Gasteiger charge is -2.36. The minimum Gasteiger partial charge on any atom is -0.479 e. The number of hydrogen-bond acceptors (Lipinski definition) is 4. The van der Waals surface area contributed by atoms with Crippen molar-refractivity contribution in [3.8, 4) is 0 Å². The first kappa shape index (κ1) is 10.9. The summed E-state index contributed by atoms with van der Waals surface area (Å²) in [5.74, 6) is -2.68. The van der Waals surface area contributed by atoms with Crippen molar-refractivity contribution in [1.82, 2.24) is 4.90 Å². The highest BCUT2D eigenvalue weighted by Gasteiger charge is 2.47. The lowest BCUT2D eigenvalue weighted by atomic mass is 10.00. The van der Waals surface area contributed by atoms with Gasteiger partial charge in [-0.25, -0.2) is 9.59 Å². The molecule has 1 aliphatic heterocycles. The van der Waals surface area contributed by atoms with E-state index in [-0.39, 0.29) is 0 Å². The van der Waals surface area contributed by atoms with E-state index in [4.69, 9.17) is 14.9 Å². The van der Waals surface area contributed by atoms with Gasteiger partial charge >= 0.3 is 11.9 Å². The van der Waals surface area contributed by atoms with Gasteiger partial charge in [0.1, 0.15) is 0 Å². The zero-order valence-electron chi connectivity index (χ0n) is 7.89. The third kappa shape index (κ3) is 1.71. The highest BCUT2D eigenvalue weighted by atomic mass is 16.5. The lowest BCUT2D eigenvalue weighted by molar-refractivity contribution is -0.169. The summed E-state index contributed by atoms with van der Waals surface area (Å²) >= 11 is 0. The normalized spacial score (nSPS) is 19.2. The van der Waals surface area contributed by atoms with E-state index in [9.17, 15) is 9.59 Å². The molecule has 0 spiro atoms. The van der Waals surface area contributed by atoms with Gasteiger partial charge in [-0.1, -0.05) is 0 Å². The molecule has 1 saturated heterocycles. The maximum atomic E-state index is 10.9. The molecule has 0 amide bonds. The molecule has 0 bridgehead atoms. The summed E-state index contributed by atoms with van der Waals surface area (Å²) in [6, 6.07) is 0. The van der Waals surface area contributed by atoms with Gasteiger partial charge in [-0.15, -0.1) is 0 Å². The summed E-state index contributed by atoms with van der Waals surface area (Å²) in [4.78, 5) is 23.2. The van der Waals surface area contributed by atoms with Crippen molar-refractivity contribution in [2.24, 2.45) is 0 Å². The Hall–Kier alpha value is -1.14. The molecular formula is C8H13NO5. The number of morpholine rings is 1. The molecule has 1 aliphatic rings. The summed E-state index contributed by atoms with van der Waals surface area (Å²) in [6.07, 6.45) is 0. The minimum atomic E-state index is -1.84. The highest BCUT2D eigenvalue weighted by molar-refractivity contribution is 6.02. The molecule has 0 unspecified atom stereocenters. The van der Waals surface area contributed by atoms with Gasteiger partial charge in [0.2, 0.25) is 5.54 Å². The van der Waals surface area contributed by atoms with E-state index < -0.39 is 17.5 Å². The molecule has 1 heterocycles. The summed E-state index contributed by atoms with van der Waals surface area (Å²) in [6.45, 7) is 2.60. The van der Waals surface area contributed by atoms with Crippen molar-refractivity contribution in [3.63, 3.8) is 0 Å². The molecule has 0 aromatic rings. The maximum Gasteiger partial charge on any atom is 0.335 e. The van der Waals surface area contributed by atoms with E-state index in [0.717, 1.165) is 0 Å². The topological polar surface area (TPSA) is 87.1 Å². The van der Waals surface area contributed by atoms with Crippen molar-refractivity contribution in [1.29, 1.82) is 0 Å². The van der Waals surface area contributed by atoms with Gasteiger partial charge in [0.05, 0.1) is 13.2 Å². The molecule has 0 aliphatic carbocycles. The Kier molecular flexibility index (Phi) is 3.07. The summed E-state index contributed by atoms with van der Waals surface area (Å²) < 4.78 is 5.03. The predicted octanol–water partition coefficient (Wildman–Crippen LogP) is -0.753. The molecule has 80 valence electrons. The third-order valence-electron chi connectivity index (χ3n) is 2.48. The fourth-order valence-electron chi connectivity index (χ4n) is 1.37. The van der Waals surface area contributed by atoms with Gasteiger partial charge in [0.15, 0.2) is 0 Å². The highest BCUT2D eigenvalue weighted by Crippen LogP contribution is 2.17. The number of carboxylic acid groups (broad SMARTS) is 2. The van der Waals surface area contributed by atoms with Crippen LogP contribution in [-0.2, 0) is 14.3 Å². The van der Waals surface area contributed by atoms with E-state index in [1.54, 1.807) is 0 Å². The van der Waals surface area contributed by atoms with E-state index >= 15 is 0 Å². The van der Waals surface area contributed by atoms with E-state index in [0.29, 0.717) is 26.3 Å². The maximum absolute atomic E-state index is 10.9. The first-order valence-corrected chi connectivity index (χ1v) is 4.29. The lowest BCUT2D eigenvalue weighted by Crippen LogP contribution is -2.61. The molecule has 2 N–H and O–H groups in total. The Morgan fingerprint density at radius 3 is 2.00 bits per heavy atom. The van der Waals surface area contributed by atoms with Crippen molar-refractivity contribution < 1.29 is 24.5 Å². The molecule has 0 atom stereocenters. The van der Waals surface area contributed by atoms with Gasteiger partial charge in [0, 0.05) is 13.1 Å². The Labute approximate surface area is 81.1 Å². The van der Waals surface area contributed by atoms with Gasteiger partial charge in [-0.3, -0.25) is 4.90 Å². The van der Waals surface area contributed by atoms with Crippen LogP contribution < -0.4 is 0 Å².